The molecule has 2 rings (SSSR count). The molecular formula is C17H23NO4. The summed E-state index contributed by atoms with van der Waals surface area (Å²) >= 11 is 0. The number of ether oxygens (including phenoxy) is 2. The molecule has 0 bridgehead atoms. The van der Waals surface area contributed by atoms with Crippen molar-refractivity contribution in [2.75, 3.05) is 18.6 Å². The topological polar surface area (TPSA) is 55.8 Å². The van der Waals surface area contributed by atoms with Crippen molar-refractivity contribution in [1.29, 1.82) is 0 Å². The van der Waals surface area contributed by atoms with E-state index in [0.29, 0.717) is 6.42 Å². The molecule has 0 aliphatic carbocycles. The number of carbonyl (C=O) groups is 2. The number of rotatable bonds is 7. The number of unbranched alkanes of at least 4 members (excludes halogenated alkanes) is 2. The maximum atomic E-state index is 12.6. The molecular weight excluding hydrogens is 282 g/mol. The number of nitrogens with zero attached hydrogens (tertiary/aromatic N) is 1. The molecule has 1 unspecified atom stereocenters. The van der Waals surface area contributed by atoms with E-state index >= 15 is 0 Å². The molecule has 1 atom stereocenters. The van der Waals surface area contributed by atoms with Crippen molar-refractivity contribution in [3.05, 3.63) is 24.3 Å². The van der Waals surface area contributed by atoms with Crippen molar-refractivity contribution in [2.45, 2.75) is 45.1 Å². The first-order valence-corrected chi connectivity index (χ1v) is 7.77. The molecule has 0 radical (unpaired) electrons. The van der Waals surface area contributed by atoms with Crippen molar-refractivity contribution < 1.29 is 19.1 Å². The monoisotopic (exact) mass is 305 g/mol. The number of hydrogen-bond acceptors (Lipinski definition) is 4. The summed E-state index contributed by atoms with van der Waals surface area (Å²) in [7, 11) is 1.60. The van der Waals surface area contributed by atoms with Gasteiger partial charge in [-0.1, -0.05) is 19.8 Å². The van der Waals surface area contributed by atoms with E-state index in [0.717, 1.165) is 30.7 Å². The van der Waals surface area contributed by atoms with E-state index in [2.05, 4.69) is 6.92 Å². The zero-order valence-electron chi connectivity index (χ0n) is 13.2. The van der Waals surface area contributed by atoms with Gasteiger partial charge in [0.2, 0.25) is 5.91 Å². The SMILES string of the molecule is CCCCCC(=O)N(c1ccc(OC)cc1)C1COC(=O)C1. The summed E-state index contributed by atoms with van der Waals surface area (Å²) in [4.78, 5) is 25.7. The predicted molar refractivity (Wildman–Crippen MR) is 84.0 cm³/mol. The molecule has 1 aromatic carbocycles. The molecule has 5 nitrogen and oxygen atoms in total. The first kappa shape index (κ1) is 16.3. The van der Waals surface area contributed by atoms with Gasteiger partial charge in [-0.15, -0.1) is 0 Å². The van der Waals surface area contributed by atoms with Crippen LogP contribution in [0.3, 0.4) is 0 Å². The van der Waals surface area contributed by atoms with Crippen LogP contribution in [0.25, 0.3) is 0 Å². The number of carbonyl (C=O) groups excluding carboxylic acids is 2. The summed E-state index contributed by atoms with van der Waals surface area (Å²) in [6, 6.07) is 7.12. The van der Waals surface area contributed by atoms with Gasteiger partial charge < -0.3 is 14.4 Å². The number of esters is 1. The Morgan fingerprint density at radius 1 is 1.32 bits per heavy atom. The van der Waals surface area contributed by atoms with Crippen molar-refractivity contribution in [2.24, 2.45) is 0 Å². The minimum atomic E-state index is -0.245. The molecule has 0 spiro atoms. The van der Waals surface area contributed by atoms with E-state index in [-0.39, 0.29) is 30.9 Å². The van der Waals surface area contributed by atoms with Crippen LogP contribution in [-0.2, 0) is 14.3 Å². The molecule has 1 saturated heterocycles. The number of methoxy groups -OCH3 is 1. The third-order valence-corrected chi connectivity index (χ3v) is 3.82. The summed E-state index contributed by atoms with van der Waals surface area (Å²) in [5.41, 5.74) is 0.783. The summed E-state index contributed by atoms with van der Waals surface area (Å²) in [6.45, 7) is 2.37. The largest absolute Gasteiger partial charge is 0.497 e. The number of hydrogen-bond donors (Lipinski definition) is 0. The van der Waals surface area contributed by atoms with E-state index in [1.807, 2.05) is 24.3 Å². The number of anilines is 1. The molecule has 5 heteroatoms. The highest BCUT2D eigenvalue weighted by Gasteiger charge is 2.33. The van der Waals surface area contributed by atoms with Gasteiger partial charge in [-0.05, 0) is 30.7 Å². The van der Waals surface area contributed by atoms with Crippen LogP contribution in [0.2, 0.25) is 0 Å². The van der Waals surface area contributed by atoms with Crippen molar-refractivity contribution in [3.8, 4) is 5.75 Å². The van der Waals surface area contributed by atoms with Gasteiger partial charge in [0.05, 0.1) is 19.6 Å². The second-order valence-corrected chi connectivity index (χ2v) is 5.46. The fraction of sp³-hybridized carbons (Fsp3) is 0.529. The fourth-order valence-corrected chi connectivity index (χ4v) is 2.61. The Bertz CT molecular complexity index is 512. The Kier molecular flexibility index (Phi) is 5.81. The van der Waals surface area contributed by atoms with Crippen molar-refractivity contribution >= 4 is 17.6 Å². The van der Waals surface area contributed by atoms with Gasteiger partial charge in [-0.3, -0.25) is 9.59 Å². The molecule has 0 aromatic heterocycles. The van der Waals surface area contributed by atoms with Crippen LogP contribution < -0.4 is 9.64 Å². The third kappa shape index (κ3) is 4.00. The molecule has 0 N–H and O–H groups in total. The highest BCUT2D eigenvalue weighted by Crippen LogP contribution is 2.26. The Hall–Kier alpha value is -2.04. The number of benzene rings is 1. The van der Waals surface area contributed by atoms with E-state index in [1.54, 1.807) is 12.0 Å². The van der Waals surface area contributed by atoms with Crippen LogP contribution in [0.4, 0.5) is 5.69 Å². The summed E-state index contributed by atoms with van der Waals surface area (Å²) in [5, 5.41) is 0. The third-order valence-electron chi connectivity index (χ3n) is 3.82. The Morgan fingerprint density at radius 3 is 2.59 bits per heavy atom. The number of cyclic esters (lactones) is 1. The Balaban J connectivity index is 2.16. The van der Waals surface area contributed by atoms with Crippen molar-refractivity contribution in [1.82, 2.24) is 0 Å². The smallest absolute Gasteiger partial charge is 0.308 e. The second kappa shape index (κ2) is 7.82. The highest BCUT2D eigenvalue weighted by atomic mass is 16.5. The van der Waals surface area contributed by atoms with Crippen LogP contribution in [0.5, 0.6) is 5.75 Å². The summed E-state index contributed by atoms with van der Waals surface area (Å²) < 4.78 is 10.2. The maximum absolute atomic E-state index is 12.6. The van der Waals surface area contributed by atoms with E-state index in [1.165, 1.54) is 0 Å². The summed E-state index contributed by atoms with van der Waals surface area (Å²) in [5.74, 6) is 0.535. The average molecular weight is 305 g/mol. The van der Waals surface area contributed by atoms with Gasteiger partial charge in [-0.25, -0.2) is 0 Å². The zero-order chi connectivity index (χ0) is 15.9. The van der Waals surface area contributed by atoms with Gasteiger partial charge in [0.15, 0.2) is 0 Å². The first-order chi connectivity index (χ1) is 10.7. The van der Waals surface area contributed by atoms with Gasteiger partial charge in [0.25, 0.3) is 0 Å². The van der Waals surface area contributed by atoms with Gasteiger partial charge in [0.1, 0.15) is 12.4 Å². The fourth-order valence-electron chi connectivity index (χ4n) is 2.61. The standard InChI is InChI=1S/C17H23NO4/c1-3-4-5-6-16(19)18(14-11-17(20)22-12-14)13-7-9-15(21-2)10-8-13/h7-10,14H,3-6,11-12H2,1-2H3. The normalized spacial score (nSPS) is 17.2. The lowest BCUT2D eigenvalue weighted by Gasteiger charge is -2.27. The molecule has 1 amide bonds. The van der Waals surface area contributed by atoms with Crippen LogP contribution in [-0.4, -0.2) is 31.6 Å². The lowest BCUT2D eigenvalue weighted by atomic mass is 10.1. The summed E-state index contributed by atoms with van der Waals surface area (Å²) in [6.07, 6.45) is 3.71. The van der Waals surface area contributed by atoms with Gasteiger partial charge in [0, 0.05) is 12.1 Å². The molecule has 120 valence electrons. The zero-order valence-corrected chi connectivity index (χ0v) is 13.2. The van der Waals surface area contributed by atoms with E-state index in [9.17, 15) is 9.59 Å². The molecule has 1 aliphatic heterocycles. The highest BCUT2D eigenvalue weighted by molar-refractivity contribution is 5.95. The molecule has 1 heterocycles. The number of amides is 1. The van der Waals surface area contributed by atoms with Crippen LogP contribution >= 0.6 is 0 Å². The molecule has 1 aliphatic rings. The van der Waals surface area contributed by atoms with Gasteiger partial charge >= 0.3 is 5.97 Å². The van der Waals surface area contributed by atoms with E-state index in [4.69, 9.17) is 9.47 Å². The molecule has 1 fully saturated rings. The first-order valence-electron chi connectivity index (χ1n) is 7.77. The Labute approximate surface area is 131 Å². The molecule has 1 aromatic rings. The average Bonchev–Trinajstić information content (AvgIpc) is 2.94. The quantitative estimate of drug-likeness (QED) is 0.574. The lowest BCUT2D eigenvalue weighted by Crippen LogP contribution is -2.41. The minimum absolute atomic E-state index is 0.0434. The minimum Gasteiger partial charge on any atom is -0.497 e. The van der Waals surface area contributed by atoms with Gasteiger partial charge in [-0.2, -0.15) is 0 Å². The Morgan fingerprint density at radius 2 is 2.05 bits per heavy atom. The van der Waals surface area contributed by atoms with E-state index < -0.39 is 0 Å². The van der Waals surface area contributed by atoms with Crippen molar-refractivity contribution in [3.63, 3.8) is 0 Å². The lowest BCUT2D eigenvalue weighted by molar-refractivity contribution is -0.138. The van der Waals surface area contributed by atoms with Crippen LogP contribution in [0, 0.1) is 0 Å². The maximum Gasteiger partial charge on any atom is 0.308 e. The predicted octanol–water partition coefficient (Wildman–Crippen LogP) is 2.92. The van der Waals surface area contributed by atoms with Crippen LogP contribution in [0.1, 0.15) is 39.0 Å². The molecule has 22 heavy (non-hydrogen) atoms. The second-order valence-electron chi connectivity index (χ2n) is 5.46. The molecule has 0 saturated carbocycles. The van der Waals surface area contributed by atoms with Crippen LogP contribution in [0.15, 0.2) is 24.3 Å².